The summed E-state index contributed by atoms with van der Waals surface area (Å²) in [7, 11) is 0. The van der Waals surface area contributed by atoms with E-state index in [1.54, 1.807) is 18.5 Å². The van der Waals surface area contributed by atoms with E-state index >= 15 is 0 Å². The molecule has 1 atom stereocenters. The van der Waals surface area contributed by atoms with E-state index in [9.17, 15) is 9.18 Å². The molecule has 202 valence electrons. The summed E-state index contributed by atoms with van der Waals surface area (Å²) in [6, 6.07) is 15.0. The number of likely N-dealkylation sites (tertiary alicyclic amines) is 2. The molecule has 8 heteroatoms. The zero-order valence-corrected chi connectivity index (χ0v) is 22.3. The van der Waals surface area contributed by atoms with Crippen molar-refractivity contribution in [2.45, 2.75) is 44.6 Å². The molecule has 1 unspecified atom stereocenters. The molecule has 3 N–H and O–H groups in total. The number of anilines is 1. The Morgan fingerprint density at radius 1 is 1.00 bits per heavy atom. The minimum atomic E-state index is -0.256. The van der Waals surface area contributed by atoms with Gasteiger partial charge in [0.05, 0.1) is 11.4 Å². The molecule has 0 spiro atoms. The molecule has 2 aliphatic rings. The first-order valence-electron chi connectivity index (χ1n) is 13.9. The number of nitrogens with zero attached hydrogens (tertiary/aromatic N) is 4. The Morgan fingerprint density at radius 2 is 1.79 bits per heavy atom. The van der Waals surface area contributed by atoms with E-state index in [1.165, 1.54) is 17.2 Å². The van der Waals surface area contributed by atoms with Gasteiger partial charge in [-0.15, -0.1) is 0 Å². The predicted molar refractivity (Wildman–Crippen MR) is 151 cm³/mol. The number of nitrogen functional groups attached to an aromatic ring is 1. The zero-order valence-electron chi connectivity index (χ0n) is 22.3. The Labute approximate surface area is 228 Å². The number of nitrogens with one attached hydrogen (secondary N) is 1. The maximum atomic E-state index is 14.0. The third kappa shape index (κ3) is 5.13. The minimum Gasteiger partial charge on any atom is -0.384 e. The number of carbonyl (C=O) groups excluding carboxylic acids is 1. The van der Waals surface area contributed by atoms with Crippen LogP contribution in [-0.2, 0) is 4.79 Å². The van der Waals surface area contributed by atoms with Gasteiger partial charge in [0, 0.05) is 48.3 Å². The van der Waals surface area contributed by atoms with Crippen LogP contribution in [-0.4, -0.2) is 56.8 Å². The van der Waals surface area contributed by atoms with Gasteiger partial charge in [0.2, 0.25) is 5.91 Å². The molecule has 5 heterocycles. The molecule has 4 aromatic rings. The van der Waals surface area contributed by atoms with Crippen LogP contribution < -0.4 is 5.73 Å². The van der Waals surface area contributed by atoms with Gasteiger partial charge in [-0.05, 0) is 105 Å². The number of carbonyl (C=O) groups is 1. The average Bonchev–Trinajstić information content (AvgIpc) is 3.35. The SMILES string of the molecule is CC(c1ccnc(N)c1)N1CCC(C(=O)N2CCC(c3c(-c4ccccn4)[nH]c4cc(F)ccc34)CC2)CC1. The molecule has 2 aliphatic heterocycles. The number of rotatable bonds is 5. The Hall–Kier alpha value is -3.78. The van der Waals surface area contributed by atoms with E-state index < -0.39 is 0 Å². The van der Waals surface area contributed by atoms with Gasteiger partial charge in [0.15, 0.2) is 0 Å². The molecular weight excluding hydrogens is 491 g/mol. The molecule has 1 amide bonds. The van der Waals surface area contributed by atoms with Crippen molar-refractivity contribution in [3.8, 4) is 11.4 Å². The van der Waals surface area contributed by atoms with Crippen LogP contribution >= 0.6 is 0 Å². The van der Waals surface area contributed by atoms with Crippen molar-refractivity contribution in [2.24, 2.45) is 5.92 Å². The smallest absolute Gasteiger partial charge is 0.225 e. The topological polar surface area (TPSA) is 91.1 Å². The van der Waals surface area contributed by atoms with Crippen LogP contribution in [0.25, 0.3) is 22.3 Å². The second kappa shape index (κ2) is 10.8. The lowest BCUT2D eigenvalue weighted by molar-refractivity contribution is -0.138. The van der Waals surface area contributed by atoms with Gasteiger partial charge in [-0.2, -0.15) is 0 Å². The Bertz CT molecular complexity index is 1450. The molecular formula is C31H35FN6O. The van der Waals surface area contributed by atoms with Gasteiger partial charge < -0.3 is 15.6 Å². The van der Waals surface area contributed by atoms with Crippen LogP contribution in [0.3, 0.4) is 0 Å². The second-order valence-electron chi connectivity index (χ2n) is 10.9. The largest absolute Gasteiger partial charge is 0.384 e. The van der Waals surface area contributed by atoms with Crippen molar-refractivity contribution < 1.29 is 9.18 Å². The Morgan fingerprint density at radius 3 is 2.51 bits per heavy atom. The highest BCUT2D eigenvalue weighted by atomic mass is 19.1. The fourth-order valence-corrected chi connectivity index (χ4v) is 6.44. The molecule has 2 fully saturated rings. The fraction of sp³-hybridized carbons (Fsp3) is 0.387. The number of hydrogen-bond donors (Lipinski definition) is 2. The third-order valence-electron chi connectivity index (χ3n) is 8.65. The van der Waals surface area contributed by atoms with Gasteiger partial charge in [-0.3, -0.25) is 14.7 Å². The number of nitrogens with two attached hydrogens (primary N) is 1. The number of aromatic amines is 1. The van der Waals surface area contributed by atoms with Gasteiger partial charge >= 0.3 is 0 Å². The monoisotopic (exact) mass is 526 g/mol. The number of pyridine rings is 2. The number of aromatic nitrogens is 3. The van der Waals surface area contributed by atoms with E-state index in [2.05, 4.69) is 31.7 Å². The number of hydrogen-bond acceptors (Lipinski definition) is 5. The summed E-state index contributed by atoms with van der Waals surface area (Å²) in [6.07, 6.45) is 7.06. The molecule has 0 bridgehead atoms. The first-order valence-corrected chi connectivity index (χ1v) is 13.9. The summed E-state index contributed by atoms with van der Waals surface area (Å²) < 4.78 is 14.0. The van der Waals surface area contributed by atoms with Crippen LogP contribution in [0.2, 0.25) is 0 Å². The van der Waals surface area contributed by atoms with Gasteiger partial charge in [-0.1, -0.05) is 6.07 Å². The lowest BCUT2D eigenvalue weighted by atomic mass is 9.85. The van der Waals surface area contributed by atoms with Crippen LogP contribution in [0, 0.1) is 11.7 Å². The zero-order chi connectivity index (χ0) is 26.9. The van der Waals surface area contributed by atoms with Gasteiger partial charge in [-0.25, -0.2) is 9.37 Å². The van der Waals surface area contributed by atoms with Crippen molar-refractivity contribution in [1.29, 1.82) is 0 Å². The highest BCUT2D eigenvalue weighted by Crippen LogP contribution is 2.40. The molecule has 0 aliphatic carbocycles. The minimum absolute atomic E-state index is 0.0765. The maximum Gasteiger partial charge on any atom is 0.225 e. The normalized spacial score (nSPS) is 18.5. The summed E-state index contributed by atoms with van der Waals surface area (Å²) in [5.41, 5.74) is 10.8. The van der Waals surface area contributed by atoms with Crippen molar-refractivity contribution in [3.05, 3.63) is 77.9 Å². The second-order valence-corrected chi connectivity index (χ2v) is 10.9. The van der Waals surface area contributed by atoms with Crippen LogP contribution in [0.5, 0.6) is 0 Å². The number of piperidine rings is 2. The number of benzene rings is 1. The van der Waals surface area contributed by atoms with E-state index in [4.69, 9.17) is 5.73 Å². The molecule has 2 saturated heterocycles. The van der Waals surface area contributed by atoms with Crippen LogP contribution in [0.1, 0.15) is 55.7 Å². The number of fused-ring (bicyclic) bond motifs is 1. The van der Waals surface area contributed by atoms with Crippen molar-refractivity contribution in [3.63, 3.8) is 0 Å². The van der Waals surface area contributed by atoms with Gasteiger partial charge in [0.25, 0.3) is 0 Å². The lowest BCUT2D eigenvalue weighted by Gasteiger charge is -2.39. The molecule has 39 heavy (non-hydrogen) atoms. The molecule has 7 nitrogen and oxygen atoms in total. The summed E-state index contributed by atoms with van der Waals surface area (Å²) in [4.78, 5) is 30.1. The molecule has 0 radical (unpaired) electrons. The third-order valence-corrected chi connectivity index (χ3v) is 8.65. The standard InChI is InChI=1S/C31H35FN6O/c1-20(23-7-13-35-28(33)18-23)37-14-10-22(11-15-37)31(39)38-16-8-21(9-17-38)29-25-6-5-24(32)19-27(25)36-30(29)26-4-2-3-12-34-26/h2-7,12-13,18-22,36H,8-11,14-17H2,1H3,(H2,33,35). The summed E-state index contributed by atoms with van der Waals surface area (Å²) in [5.74, 6) is 0.932. The van der Waals surface area contributed by atoms with E-state index in [0.29, 0.717) is 11.7 Å². The lowest BCUT2D eigenvalue weighted by Crippen LogP contribution is -2.45. The van der Waals surface area contributed by atoms with E-state index in [0.717, 1.165) is 74.2 Å². The van der Waals surface area contributed by atoms with Crippen molar-refractivity contribution in [2.75, 3.05) is 31.9 Å². The number of halogens is 1. The molecule has 1 aromatic carbocycles. The first-order chi connectivity index (χ1) is 19.0. The molecule has 0 saturated carbocycles. The van der Waals surface area contributed by atoms with Crippen molar-refractivity contribution in [1.82, 2.24) is 24.8 Å². The Kier molecular flexibility index (Phi) is 7.04. The molecule has 6 rings (SSSR count). The van der Waals surface area contributed by atoms with Crippen LogP contribution in [0.15, 0.2) is 60.9 Å². The van der Waals surface area contributed by atoms with E-state index in [-0.39, 0.29) is 23.7 Å². The molecule has 3 aromatic heterocycles. The highest BCUT2D eigenvalue weighted by Gasteiger charge is 2.34. The summed E-state index contributed by atoms with van der Waals surface area (Å²) >= 11 is 0. The Balaban J connectivity index is 1.11. The maximum absolute atomic E-state index is 14.0. The van der Waals surface area contributed by atoms with Gasteiger partial charge in [0.1, 0.15) is 11.6 Å². The van der Waals surface area contributed by atoms with Crippen LogP contribution in [0.4, 0.5) is 10.2 Å². The first kappa shape index (κ1) is 25.5. The van der Waals surface area contributed by atoms with E-state index in [1.807, 2.05) is 36.4 Å². The average molecular weight is 527 g/mol. The number of amides is 1. The summed E-state index contributed by atoms with van der Waals surface area (Å²) in [5, 5.41) is 1.04. The highest BCUT2D eigenvalue weighted by molar-refractivity contribution is 5.91. The quantitative estimate of drug-likeness (QED) is 0.357. The predicted octanol–water partition coefficient (Wildman–Crippen LogP) is 5.53. The van der Waals surface area contributed by atoms with Crippen molar-refractivity contribution >= 4 is 22.6 Å². The fourth-order valence-electron chi connectivity index (χ4n) is 6.44. The summed E-state index contributed by atoms with van der Waals surface area (Å²) in [6.45, 7) is 5.48. The number of H-pyrrole nitrogens is 1.